The van der Waals surface area contributed by atoms with Crippen LogP contribution in [-0.4, -0.2) is 43.8 Å². The molecule has 2 aromatic heterocycles. The fourth-order valence-corrected chi connectivity index (χ4v) is 4.57. The quantitative estimate of drug-likeness (QED) is 0.268. The Labute approximate surface area is 222 Å². The monoisotopic (exact) mass is 535 g/mol. The minimum atomic E-state index is -4.13. The second kappa shape index (κ2) is 11.9. The van der Waals surface area contributed by atoms with Gasteiger partial charge < -0.3 is 19.3 Å². The summed E-state index contributed by atoms with van der Waals surface area (Å²) in [6, 6.07) is 20.9. The predicted molar refractivity (Wildman–Crippen MR) is 144 cm³/mol. The van der Waals surface area contributed by atoms with E-state index in [1.165, 1.54) is 13.2 Å². The molecule has 0 aliphatic heterocycles. The van der Waals surface area contributed by atoms with Crippen LogP contribution in [0.3, 0.4) is 0 Å². The smallest absolute Gasteiger partial charge is 0.279 e. The number of aliphatic hydroxyl groups excluding tert-OH is 1. The first-order chi connectivity index (χ1) is 18.3. The molecule has 10 heteroatoms. The van der Waals surface area contributed by atoms with E-state index in [4.69, 9.17) is 14.2 Å². The minimum Gasteiger partial charge on any atom is -0.493 e. The summed E-state index contributed by atoms with van der Waals surface area (Å²) < 4.78 is 46.7. The highest BCUT2D eigenvalue weighted by atomic mass is 32.2. The molecule has 0 spiro atoms. The van der Waals surface area contributed by atoms with E-state index in [2.05, 4.69) is 14.7 Å². The zero-order valence-corrected chi connectivity index (χ0v) is 22.1. The molecule has 0 atom stereocenters. The maximum absolute atomic E-state index is 13.4. The number of aromatic nitrogens is 2. The van der Waals surface area contributed by atoms with Gasteiger partial charge in [-0.15, -0.1) is 0 Å². The SMILES string of the molecule is COc1ccccc1Oc1c(NS(=O)(=O)c2ccc(C(C)C)cn2)cc(-c2ccccc2)nc1OCCO. The number of sulfonamides is 1. The molecule has 0 aliphatic carbocycles. The van der Waals surface area contributed by atoms with Crippen LogP contribution < -0.4 is 18.9 Å². The molecule has 2 heterocycles. The van der Waals surface area contributed by atoms with Gasteiger partial charge in [0.05, 0.1) is 25.1 Å². The number of aliphatic hydroxyl groups is 1. The van der Waals surface area contributed by atoms with Crippen molar-refractivity contribution >= 4 is 15.7 Å². The molecule has 0 aliphatic rings. The summed E-state index contributed by atoms with van der Waals surface area (Å²) in [6.07, 6.45) is 1.54. The van der Waals surface area contributed by atoms with Gasteiger partial charge in [-0.1, -0.05) is 62.4 Å². The Morgan fingerprint density at radius 1 is 0.974 bits per heavy atom. The summed E-state index contributed by atoms with van der Waals surface area (Å²) >= 11 is 0. The second-order valence-electron chi connectivity index (χ2n) is 8.57. The minimum absolute atomic E-state index is 0.00464. The van der Waals surface area contributed by atoms with E-state index >= 15 is 0 Å². The molecule has 0 radical (unpaired) electrons. The van der Waals surface area contributed by atoms with Crippen LogP contribution in [0.2, 0.25) is 0 Å². The van der Waals surface area contributed by atoms with E-state index in [1.807, 2.05) is 44.2 Å². The third-order valence-electron chi connectivity index (χ3n) is 5.57. The van der Waals surface area contributed by atoms with Gasteiger partial charge in [0, 0.05) is 11.8 Å². The molecule has 198 valence electrons. The lowest BCUT2D eigenvalue weighted by Gasteiger charge is -2.19. The number of hydrogen-bond acceptors (Lipinski definition) is 8. The standard InChI is InChI=1S/C28H29N3O6S/c1-19(2)21-13-14-26(29-18-21)38(33,34)31-23-17-22(20-9-5-4-6-10-20)30-28(36-16-15-32)27(23)37-25-12-8-7-11-24(25)35-3/h4-14,17-19,32H,15-16H2,1-3H3,(H,30,31). The number of para-hydroxylation sites is 2. The van der Waals surface area contributed by atoms with Crippen LogP contribution in [0.4, 0.5) is 5.69 Å². The Morgan fingerprint density at radius 2 is 1.68 bits per heavy atom. The van der Waals surface area contributed by atoms with Crippen molar-refractivity contribution in [3.05, 3.63) is 84.6 Å². The highest BCUT2D eigenvalue weighted by Crippen LogP contribution is 2.43. The average Bonchev–Trinajstić information content (AvgIpc) is 2.93. The maximum atomic E-state index is 13.4. The molecule has 0 unspecified atom stereocenters. The number of methoxy groups -OCH3 is 1. The Morgan fingerprint density at radius 3 is 2.32 bits per heavy atom. The maximum Gasteiger partial charge on any atom is 0.279 e. The van der Waals surface area contributed by atoms with E-state index < -0.39 is 10.0 Å². The first-order valence-electron chi connectivity index (χ1n) is 12.0. The number of nitrogens with one attached hydrogen (secondary N) is 1. The highest BCUT2D eigenvalue weighted by molar-refractivity contribution is 7.92. The van der Waals surface area contributed by atoms with Crippen LogP contribution in [0.25, 0.3) is 11.3 Å². The average molecular weight is 536 g/mol. The van der Waals surface area contributed by atoms with Crippen LogP contribution in [0.5, 0.6) is 23.1 Å². The lowest BCUT2D eigenvalue weighted by molar-refractivity contribution is 0.193. The van der Waals surface area contributed by atoms with Gasteiger partial charge in [-0.2, -0.15) is 8.42 Å². The summed E-state index contributed by atoms with van der Waals surface area (Å²) in [7, 11) is -2.63. The Bertz CT molecular complexity index is 1480. The molecule has 0 bridgehead atoms. The van der Waals surface area contributed by atoms with Crippen molar-refractivity contribution < 1.29 is 27.7 Å². The van der Waals surface area contributed by atoms with Crippen molar-refractivity contribution in [2.24, 2.45) is 0 Å². The highest BCUT2D eigenvalue weighted by Gasteiger charge is 2.24. The number of rotatable bonds is 11. The lowest BCUT2D eigenvalue weighted by Crippen LogP contribution is -2.16. The third kappa shape index (κ3) is 6.21. The normalized spacial score (nSPS) is 11.3. The molecular formula is C28H29N3O6S. The van der Waals surface area contributed by atoms with Crippen molar-refractivity contribution in [2.45, 2.75) is 24.8 Å². The first kappa shape index (κ1) is 26.9. The molecule has 38 heavy (non-hydrogen) atoms. The molecule has 2 N–H and O–H groups in total. The van der Waals surface area contributed by atoms with E-state index in [0.29, 0.717) is 17.2 Å². The summed E-state index contributed by atoms with van der Waals surface area (Å²) in [6.45, 7) is 3.64. The molecule has 2 aromatic carbocycles. The molecule has 9 nitrogen and oxygen atoms in total. The molecule has 0 fully saturated rings. The number of pyridine rings is 2. The second-order valence-corrected chi connectivity index (χ2v) is 10.2. The van der Waals surface area contributed by atoms with Gasteiger partial charge in [0.25, 0.3) is 15.9 Å². The van der Waals surface area contributed by atoms with Crippen LogP contribution in [0.15, 0.2) is 84.0 Å². The van der Waals surface area contributed by atoms with Crippen molar-refractivity contribution in [3.8, 4) is 34.4 Å². The molecule has 0 saturated carbocycles. The van der Waals surface area contributed by atoms with Gasteiger partial charge >= 0.3 is 0 Å². The van der Waals surface area contributed by atoms with Crippen molar-refractivity contribution in [3.63, 3.8) is 0 Å². The summed E-state index contributed by atoms with van der Waals surface area (Å²) in [5, 5.41) is 9.26. The zero-order valence-electron chi connectivity index (χ0n) is 21.3. The molecule has 4 aromatic rings. The van der Waals surface area contributed by atoms with Gasteiger partial charge in [-0.3, -0.25) is 4.72 Å². The van der Waals surface area contributed by atoms with Crippen LogP contribution >= 0.6 is 0 Å². The van der Waals surface area contributed by atoms with Gasteiger partial charge in [-0.25, -0.2) is 9.97 Å². The van der Waals surface area contributed by atoms with E-state index in [0.717, 1.165) is 11.1 Å². The predicted octanol–water partition coefficient (Wildman–Crippen LogP) is 5.24. The van der Waals surface area contributed by atoms with E-state index in [9.17, 15) is 13.5 Å². The molecule has 0 saturated heterocycles. The zero-order chi connectivity index (χ0) is 27.1. The van der Waals surface area contributed by atoms with E-state index in [-0.39, 0.29) is 41.5 Å². The fourth-order valence-electron chi connectivity index (χ4n) is 3.58. The molecular weight excluding hydrogens is 506 g/mol. The first-order valence-corrected chi connectivity index (χ1v) is 13.4. The summed E-state index contributed by atoms with van der Waals surface area (Å²) in [5.41, 5.74) is 2.16. The van der Waals surface area contributed by atoms with Gasteiger partial charge in [0.2, 0.25) is 5.75 Å². The van der Waals surface area contributed by atoms with Gasteiger partial charge in [0.15, 0.2) is 16.5 Å². The summed E-state index contributed by atoms with van der Waals surface area (Å²) in [5.74, 6) is 0.940. The largest absolute Gasteiger partial charge is 0.493 e. The van der Waals surface area contributed by atoms with Crippen molar-refractivity contribution in [2.75, 3.05) is 25.0 Å². The van der Waals surface area contributed by atoms with Crippen molar-refractivity contribution in [1.29, 1.82) is 0 Å². The summed E-state index contributed by atoms with van der Waals surface area (Å²) in [4.78, 5) is 8.75. The van der Waals surface area contributed by atoms with Crippen molar-refractivity contribution in [1.82, 2.24) is 9.97 Å². The van der Waals surface area contributed by atoms with Crippen LogP contribution in [0.1, 0.15) is 25.3 Å². The topological polar surface area (TPSA) is 120 Å². The lowest BCUT2D eigenvalue weighted by atomic mass is 10.1. The Balaban J connectivity index is 1.85. The van der Waals surface area contributed by atoms with Gasteiger partial charge in [0.1, 0.15) is 6.61 Å². The number of nitrogens with zero attached hydrogens (tertiary/aromatic N) is 2. The number of benzene rings is 2. The van der Waals surface area contributed by atoms with Crippen LogP contribution in [-0.2, 0) is 10.0 Å². The number of anilines is 1. The van der Waals surface area contributed by atoms with E-state index in [1.54, 1.807) is 42.6 Å². The number of hydrogen-bond donors (Lipinski definition) is 2. The fraction of sp³-hybridized carbons (Fsp3) is 0.214. The number of ether oxygens (including phenoxy) is 3. The van der Waals surface area contributed by atoms with Gasteiger partial charge in [-0.05, 0) is 35.7 Å². The Hall–Kier alpha value is -4.15. The molecule has 0 amide bonds. The van der Waals surface area contributed by atoms with Crippen LogP contribution in [0, 0.1) is 0 Å². The Kier molecular flexibility index (Phi) is 8.45. The third-order valence-corrected chi connectivity index (χ3v) is 6.85. The molecule has 4 rings (SSSR count).